The second-order valence-electron chi connectivity index (χ2n) is 44.3. The molecule has 0 spiro atoms. The van der Waals surface area contributed by atoms with Crippen molar-refractivity contribution in [1.82, 2.24) is 96.8 Å². The number of para-hydroxylation sites is 1. The molecular formula is C108H147Cl5F2N20O12. The summed E-state index contributed by atoms with van der Waals surface area (Å²) in [5.74, 6) is -1.22. The van der Waals surface area contributed by atoms with Gasteiger partial charge in [-0.1, -0.05) is 159 Å². The molecule has 7 fully saturated rings. The van der Waals surface area contributed by atoms with Crippen LogP contribution in [0.25, 0.3) is 54.5 Å². The Morgan fingerprint density at radius 2 is 0.599 bits per heavy atom. The molecule has 0 unspecified atom stereocenters. The first-order chi connectivity index (χ1) is 69.8. The quantitative estimate of drug-likeness (QED) is 0.0267. The molecule has 0 radical (unpaired) electrons. The minimum Gasteiger partial charge on any atom is -0.388 e. The summed E-state index contributed by atoms with van der Waals surface area (Å²) in [5, 5.41) is 113. The van der Waals surface area contributed by atoms with Gasteiger partial charge in [0, 0.05) is 191 Å². The SMILES string of the molecule is CC(C)(C1CCN(C(=O)NC[C@@H]2CCCO2)CC1)[C@H](O)c1cc(Cl)cc2cn[nH]c12.CC(C)(C1CCN(C(=O)NC[C@H]2CCCO2)CC1)[C@H](O)c1cc(Cl)cc2cn[nH]c12.CC(C)(C1CCN(C(=O)Nc2ccccc2)CC1)[C@H](O)c1cc(Cl)cc2cn[nH]c12.CC(C)CNC(=O)N1CCC(C(C)(C)[C@H](O)c2cc(Cl)cc3cn[nH]c23)CC1.CC(F)(F)CNC(=O)N1CCC(C(C)(C)[C@H](O)c2cc(Cl)cc3cn[nH]c23)CC1. The number of nitrogens with one attached hydrogen (secondary N) is 10. The molecule has 147 heavy (non-hydrogen) atoms. The van der Waals surface area contributed by atoms with Gasteiger partial charge in [-0.15, -0.1) is 0 Å². The standard InChI is InChI=1S/C23H27ClN4O2.2C22H31ClN4O3.C21H31ClN4O2.C20H27ClF2N4O2/c1-23(2,21(29)19-13-17(24)12-15-14-25-27-20(15)19)16-8-10-28(11-9-16)22(30)26-18-6-4-3-5-7-18;2*1-22(2,20(28)18-11-16(23)10-14-12-25-26-19(14)18)15-5-7-27(8-6-15)21(29)24-13-17-4-3-9-30-17;1-13(2)11-23-20(28)26-7-5-15(6-8-26)21(3,4)19(27)17-10-16(22)9-14-12-24-25-18(14)17;1-19(2,17(28)15-9-14(21)8-12-10-25-26-16(12)15)13-4-6-27(7-5-13)18(29)24-11-20(3,22)23/h3-7,12-14,16,21,29H,8-11H2,1-2H3,(H,25,27)(H,26,30);2*10-12,15,17,20,28H,3-9,13H2,1-2H3,(H,24,29)(H,25,26);9-10,12-13,15,19,27H,5-8,11H2,1-4H3,(H,23,28)(H,24,25);8-10,13,17,28H,4-7,11H2,1-3H3,(H,24,29)(H,25,26)/t21-;17-,20+;17-,20-;19-;17-/m10111/s1. The molecule has 11 aromatic rings. The van der Waals surface area contributed by atoms with E-state index in [9.17, 15) is 58.3 Å². The van der Waals surface area contributed by atoms with Gasteiger partial charge in [0.1, 0.15) is 0 Å². The number of halogens is 7. The average Bonchev–Trinajstić information content (AvgIpc) is 1.74. The number of hydrogen-bond donors (Lipinski definition) is 15. The Morgan fingerprint density at radius 1 is 0.361 bits per heavy atom. The van der Waals surface area contributed by atoms with Gasteiger partial charge in [0.2, 0.25) is 0 Å². The van der Waals surface area contributed by atoms with Gasteiger partial charge < -0.3 is 86.1 Å². The highest BCUT2D eigenvalue weighted by Gasteiger charge is 2.47. The molecular weight excluding hydrogens is 1980 g/mol. The summed E-state index contributed by atoms with van der Waals surface area (Å²) in [4.78, 5) is 71.0. The molecule has 7 aliphatic heterocycles. The van der Waals surface area contributed by atoms with Crippen LogP contribution in [0.1, 0.15) is 238 Å². The number of hydrogen-bond acceptors (Lipinski definition) is 17. The summed E-state index contributed by atoms with van der Waals surface area (Å²) in [6, 6.07) is 27.1. The number of alkyl halides is 2. The summed E-state index contributed by atoms with van der Waals surface area (Å²) >= 11 is 31.3. The fourth-order valence-electron chi connectivity index (χ4n) is 22.3. The largest absolute Gasteiger partial charge is 0.388 e. The van der Waals surface area contributed by atoms with E-state index < -0.39 is 54.4 Å². The summed E-state index contributed by atoms with van der Waals surface area (Å²) < 4.78 is 37.1. The van der Waals surface area contributed by atoms with Crippen LogP contribution in [0.15, 0.2) is 122 Å². The molecule has 32 nitrogen and oxygen atoms in total. The molecule has 7 saturated heterocycles. The van der Waals surface area contributed by atoms with Crippen molar-refractivity contribution in [2.24, 2.45) is 62.6 Å². The van der Waals surface area contributed by atoms with Gasteiger partial charge in [0.25, 0.3) is 5.92 Å². The number of piperidine rings is 5. The zero-order valence-electron chi connectivity index (χ0n) is 86.5. The number of aromatic nitrogens is 10. The highest BCUT2D eigenvalue weighted by atomic mass is 35.5. The number of rotatable bonds is 24. The number of carbonyl (C=O) groups excluding carboxylic acids is 5. The second-order valence-corrected chi connectivity index (χ2v) is 46.5. The van der Waals surface area contributed by atoms with Gasteiger partial charge in [-0.3, -0.25) is 25.5 Å². The summed E-state index contributed by atoms with van der Waals surface area (Å²) in [6.07, 6.45) is 17.6. The molecule has 0 aliphatic carbocycles. The minimum absolute atomic E-state index is 0.0134. The van der Waals surface area contributed by atoms with E-state index in [0.717, 1.165) is 180 Å². The summed E-state index contributed by atoms with van der Waals surface area (Å²) in [7, 11) is 0. The van der Waals surface area contributed by atoms with Crippen LogP contribution in [0.4, 0.5) is 38.4 Å². The predicted octanol–water partition coefficient (Wildman–Crippen LogP) is 21.7. The van der Waals surface area contributed by atoms with E-state index in [1.54, 1.807) is 48.0 Å². The maximum absolute atomic E-state index is 13.0. The van der Waals surface area contributed by atoms with Gasteiger partial charge in [-0.25, -0.2) is 32.8 Å². The van der Waals surface area contributed by atoms with Crippen LogP contribution >= 0.6 is 58.0 Å². The van der Waals surface area contributed by atoms with E-state index >= 15 is 0 Å². The van der Waals surface area contributed by atoms with Crippen molar-refractivity contribution in [3.8, 4) is 0 Å². The van der Waals surface area contributed by atoms with Crippen molar-refractivity contribution in [3.05, 3.63) is 175 Å². The zero-order valence-corrected chi connectivity index (χ0v) is 90.3. The van der Waals surface area contributed by atoms with E-state index in [1.807, 2.05) is 112 Å². The van der Waals surface area contributed by atoms with E-state index in [4.69, 9.17) is 67.5 Å². The molecule has 12 heterocycles. The normalized spacial score (nSPS) is 19.1. The Bertz CT molecular complexity index is 6070. The van der Waals surface area contributed by atoms with Crippen molar-refractivity contribution < 1.29 is 67.8 Å². The number of H-pyrrole nitrogens is 5. The second kappa shape index (κ2) is 49.0. The van der Waals surface area contributed by atoms with E-state index in [-0.39, 0.29) is 81.7 Å². The summed E-state index contributed by atoms with van der Waals surface area (Å²) in [5.41, 5.74) is 6.67. The Balaban J connectivity index is 0.000000145. The number of likely N-dealkylation sites (tertiary alicyclic amines) is 5. The Hall–Kier alpha value is -9.95. The third-order valence-corrected chi connectivity index (χ3v) is 33.2. The van der Waals surface area contributed by atoms with Crippen molar-refractivity contribution in [2.75, 3.05) is 110 Å². The highest BCUT2D eigenvalue weighted by molar-refractivity contribution is 6.33. The van der Waals surface area contributed by atoms with Gasteiger partial charge >= 0.3 is 30.2 Å². The topological polar surface area (TPSA) is 425 Å². The molecule has 7 atom stereocenters. The third-order valence-electron chi connectivity index (χ3n) is 32.1. The van der Waals surface area contributed by atoms with Gasteiger partial charge in [-0.05, 0) is 225 Å². The van der Waals surface area contributed by atoms with Crippen LogP contribution in [0.5, 0.6) is 0 Å². The lowest BCUT2D eigenvalue weighted by Gasteiger charge is -2.43. The number of fused-ring (bicyclic) bond motifs is 5. The molecule has 5 aromatic heterocycles. The average molecular weight is 2130 g/mol. The number of urea groups is 5. The number of ether oxygens (including phenoxy) is 2. The lowest BCUT2D eigenvalue weighted by Crippen LogP contribution is -2.49. The van der Waals surface area contributed by atoms with Crippen LogP contribution in [-0.2, 0) is 9.47 Å². The Kier molecular flexibility index (Phi) is 37.6. The van der Waals surface area contributed by atoms with Crippen molar-refractivity contribution in [2.45, 2.75) is 229 Å². The highest BCUT2D eigenvalue weighted by Crippen LogP contribution is 2.53. The fraction of sp³-hybridized carbons (Fsp3) is 0.574. The minimum atomic E-state index is -2.94. The van der Waals surface area contributed by atoms with Crippen LogP contribution in [0.3, 0.4) is 0 Å². The first kappa shape index (κ1) is 113. The summed E-state index contributed by atoms with van der Waals surface area (Å²) in [6.45, 7) is 34.9. The number of amides is 10. The molecule has 0 bridgehead atoms. The van der Waals surface area contributed by atoms with Crippen LogP contribution in [-0.4, -0.2) is 254 Å². The Morgan fingerprint density at radius 3 is 0.830 bits per heavy atom. The van der Waals surface area contributed by atoms with Crippen molar-refractivity contribution in [3.63, 3.8) is 0 Å². The number of aromatic amines is 5. The van der Waals surface area contributed by atoms with Crippen LogP contribution in [0.2, 0.25) is 25.1 Å². The molecule has 39 heteroatoms. The van der Waals surface area contributed by atoms with Crippen LogP contribution in [0, 0.1) is 62.6 Å². The molecule has 6 aromatic carbocycles. The molecule has 800 valence electrons. The molecule has 15 N–H and O–H groups in total. The van der Waals surface area contributed by atoms with E-state index in [0.29, 0.717) is 140 Å². The first-order valence-corrected chi connectivity index (χ1v) is 53.5. The number of benzene rings is 6. The van der Waals surface area contributed by atoms with Gasteiger partial charge in [-0.2, -0.15) is 25.5 Å². The van der Waals surface area contributed by atoms with E-state index in [2.05, 4.69) is 147 Å². The number of aliphatic hydroxyl groups is 5. The molecule has 7 aliphatic rings. The van der Waals surface area contributed by atoms with Crippen LogP contribution < -0.4 is 26.6 Å². The molecule has 18 rings (SSSR count). The number of nitrogens with zero attached hydrogens (tertiary/aromatic N) is 10. The maximum atomic E-state index is 13.0. The smallest absolute Gasteiger partial charge is 0.321 e. The maximum Gasteiger partial charge on any atom is 0.321 e. The van der Waals surface area contributed by atoms with Gasteiger partial charge in [0.15, 0.2) is 0 Å². The first-order valence-electron chi connectivity index (χ1n) is 51.6. The van der Waals surface area contributed by atoms with Crippen molar-refractivity contribution in [1.29, 1.82) is 0 Å². The monoisotopic (exact) mass is 2130 g/mol. The number of aliphatic hydroxyl groups excluding tert-OH is 5. The Labute approximate surface area is 883 Å². The predicted molar refractivity (Wildman–Crippen MR) is 573 cm³/mol. The lowest BCUT2D eigenvalue weighted by atomic mass is 9.68. The fourth-order valence-corrected chi connectivity index (χ4v) is 23.4. The zero-order chi connectivity index (χ0) is 106. The van der Waals surface area contributed by atoms with Crippen molar-refractivity contribution >= 4 is 148 Å². The lowest BCUT2D eigenvalue weighted by molar-refractivity contribution is -0.0151. The molecule has 0 saturated carbocycles. The van der Waals surface area contributed by atoms with E-state index in [1.165, 1.54) is 0 Å². The number of carbonyl (C=O) groups is 5. The number of anilines is 1. The third kappa shape index (κ3) is 27.7. The molecule has 10 amide bonds. The van der Waals surface area contributed by atoms with Gasteiger partial charge in [0.05, 0.1) is 108 Å².